The second-order valence-electron chi connectivity index (χ2n) is 8.09. The van der Waals surface area contributed by atoms with Gasteiger partial charge in [-0.15, -0.1) is 0 Å². The largest absolute Gasteiger partial charge is 0.490 e. The van der Waals surface area contributed by atoms with Crippen LogP contribution < -0.4 is 16.2 Å². The molecule has 1 heterocycles. The molecular weight excluding hydrogens is 354 g/mol. The number of benzene rings is 1. The Labute approximate surface area is 165 Å². The fourth-order valence-electron chi connectivity index (χ4n) is 4.33. The van der Waals surface area contributed by atoms with Crippen molar-refractivity contribution in [1.82, 2.24) is 9.97 Å². The van der Waals surface area contributed by atoms with E-state index in [0.717, 1.165) is 59.5 Å². The summed E-state index contributed by atoms with van der Waals surface area (Å²) in [5.41, 5.74) is 16.1. The molecule has 2 aliphatic carbocycles. The fourth-order valence-corrected chi connectivity index (χ4v) is 4.33. The number of nitrogen functional groups attached to an aromatic ring is 1. The average molecular weight is 381 g/mol. The summed E-state index contributed by atoms with van der Waals surface area (Å²) in [6, 6.07) is 6.33. The van der Waals surface area contributed by atoms with E-state index in [0.29, 0.717) is 11.9 Å². The summed E-state index contributed by atoms with van der Waals surface area (Å²) in [6.07, 6.45) is 5.67. The Morgan fingerprint density at radius 1 is 1.11 bits per heavy atom. The van der Waals surface area contributed by atoms with Gasteiger partial charge >= 0.3 is 0 Å². The van der Waals surface area contributed by atoms with Crippen LogP contribution in [0.25, 0.3) is 11.3 Å². The summed E-state index contributed by atoms with van der Waals surface area (Å²) >= 11 is 0. The number of aromatic nitrogens is 2. The Balaban J connectivity index is 1.78. The first-order valence-electron chi connectivity index (χ1n) is 9.71. The molecule has 7 heteroatoms. The zero-order valence-corrected chi connectivity index (χ0v) is 16.6. The third kappa shape index (κ3) is 3.09. The first kappa shape index (κ1) is 18.7. The molecule has 1 aromatic heterocycles. The molecule has 0 saturated heterocycles. The van der Waals surface area contributed by atoms with Gasteiger partial charge in [-0.25, -0.2) is 9.97 Å². The van der Waals surface area contributed by atoms with Gasteiger partial charge in [-0.2, -0.15) is 0 Å². The lowest BCUT2D eigenvalue weighted by molar-refractivity contribution is 0.147. The van der Waals surface area contributed by atoms with E-state index in [1.165, 1.54) is 6.33 Å². The lowest BCUT2D eigenvalue weighted by atomic mass is 9.70. The van der Waals surface area contributed by atoms with E-state index in [9.17, 15) is 0 Å². The maximum atomic E-state index is 6.27. The number of oxime groups is 1. The second kappa shape index (κ2) is 7.05. The zero-order chi connectivity index (χ0) is 19.9. The van der Waals surface area contributed by atoms with Gasteiger partial charge in [0.15, 0.2) is 0 Å². The molecule has 1 aromatic carbocycles. The smallest absolute Gasteiger partial charge is 0.131 e. The van der Waals surface area contributed by atoms with Gasteiger partial charge < -0.3 is 21.0 Å². The number of nitrogens with zero attached hydrogens (tertiary/aromatic N) is 3. The SMILES string of the molecule is CO/N=C1\c2cc(O[C@H]3CC[C@@H](N)CC3)ccc2-c2ncnc(N)c2C1(C)C. The highest BCUT2D eigenvalue weighted by atomic mass is 16.6. The Morgan fingerprint density at radius 2 is 1.86 bits per heavy atom. The van der Waals surface area contributed by atoms with E-state index in [-0.39, 0.29) is 6.10 Å². The minimum atomic E-state index is -0.500. The van der Waals surface area contributed by atoms with E-state index in [1.54, 1.807) is 7.11 Å². The van der Waals surface area contributed by atoms with E-state index >= 15 is 0 Å². The van der Waals surface area contributed by atoms with Crippen molar-refractivity contribution in [3.8, 4) is 17.0 Å². The third-order valence-electron chi connectivity index (χ3n) is 5.80. The van der Waals surface area contributed by atoms with Crippen LogP contribution >= 0.6 is 0 Å². The van der Waals surface area contributed by atoms with Gasteiger partial charge in [0.2, 0.25) is 0 Å². The molecule has 0 bridgehead atoms. The van der Waals surface area contributed by atoms with Crippen LogP contribution in [0, 0.1) is 0 Å². The van der Waals surface area contributed by atoms with Crippen molar-refractivity contribution in [2.75, 3.05) is 12.8 Å². The number of ether oxygens (including phenoxy) is 1. The van der Waals surface area contributed by atoms with Crippen LogP contribution in [0.15, 0.2) is 29.7 Å². The zero-order valence-electron chi connectivity index (χ0n) is 16.6. The normalized spacial score (nSPS) is 24.4. The highest BCUT2D eigenvalue weighted by Crippen LogP contribution is 2.45. The van der Waals surface area contributed by atoms with Gasteiger partial charge in [-0.05, 0) is 57.7 Å². The van der Waals surface area contributed by atoms with Crippen molar-refractivity contribution in [2.45, 2.75) is 57.1 Å². The quantitative estimate of drug-likeness (QED) is 0.791. The number of anilines is 1. The Bertz CT molecular complexity index is 917. The monoisotopic (exact) mass is 381 g/mol. The molecule has 148 valence electrons. The van der Waals surface area contributed by atoms with Gasteiger partial charge in [0.05, 0.1) is 17.5 Å². The van der Waals surface area contributed by atoms with Crippen LogP contribution in [0.4, 0.5) is 5.82 Å². The number of nitrogens with two attached hydrogens (primary N) is 2. The lowest BCUT2D eigenvalue weighted by Gasteiger charge is -2.35. The van der Waals surface area contributed by atoms with Crippen molar-refractivity contribution in [1.29, 1.82) is 0 Å². The molecule has 2 aliphatic rings. The molecule has 4 N–H and O–H groups in total. The number of fused-ring (bicyclic) bond motifs is 3. The minimum Gasteiger partial charge on any atom is -0.490 e. The summed E-state index contributed by atoms with van der Waals surface area (Å²) in [5.74, 6) is 1.28. The predicted molar refractivity (Wildman–Crippen MR) is 109 cm³/mol. The van der Waals surface area contributed by atoms with Crippen LogP contribution in [-0.4, -0.2) is 34.9 Å². The Morgan fingerprint density at radius 3 is 2.57 bits per heavy atom. The molecular formula is C21H27N5O2. The summed E-state index contributed by atoms with van der Waals surface area (Å²) in [4.78, 5) is 13.9. The molecule has 0 amide bonds. The molecule has 7 nitrogen and oxygen atoms in total. The molecule has 1 fully saturated rings. The summed E-state index contributed by atoms with van der Waals surface area (Å²) in [6.45, 7) is 4.12. The van der Waals surface area contributed by atoms with E-state index in [4.69, 9.17) is 21.0 Å². The van der Waals surface area contributed by atoms with Gasteiger partial charge in [0.1, 0.15) is 25.0 Å². The highest BCUT2D eigenvalue weighted by molar-refractivity contribution is 6.15. The lowest BCUT2D eigenvalue weighted by Crippen LogP contribution is -2.36. The minimum absolute atomic E-state index is 0.197. The second-order valence-corrected chi connectivity index (χ2v) is 8.09. The summed E-state index contributed by atoms with van der Waals surface area (Å²) in [7, 11) is 1.55. The van der Waals surface area contributed by atoms with E-state index in [2.05, 4.69) is 29.0 Å². The third-order valence-corrected chi connectivity index (χ3v) is 5.80. The van der Waals surface area contributed by atoms with Crippen molar-refractivity contribution in [3.05, 3.63) is 35.7 Å². The molecule has 0 unspecified atom stereocenters. The van der Waals surface area contributed by atoms with E-state index < -0.39 is 5.41 Å². The van der Waals surface area contributed by atoms with Crippen molar-refractivity contribution in [2.24, 2.45) is 10.9 Å². The average Bonchev–Trinajstić information content (AvgIpc) is 2.66. The molecule has 0 radical (unpaired) electrons. The van der Waals surface area contributed by atoms with Gasteiger partial charge in [0, 0.05) is 28.1 Å². The standard InChI is InChI=1S/C21H27N5O2/c1-21(2)17-18(24-11-25-20(17)23)15-9-8-14(10-16(15)19(21)26-27-3)28-13-6-4-12(22)5-7-13/h8-13H,4-7,22H2,1-3H3,(H2,23,24,25)/b26-19+/t12-,13+. The molecule has 2 aromatic rings. The first-order valence-corrected chi connectivity index (χ1v) is 9.71. The van der Waals surface area contributed by atoms with Gasteiger partial charge in [-0.1, -0.05) is 5.16 Å². The number of hydrogen-bond donors (Lipinski definition) is 2. The number of rotatable bonds is 3. The number of hydrogen-bond acceptors (Lipinski definition) is 7. The van der Waals surface area contributed by atoms with Crippen LogP contribution in [0.1, 0.15) is 50.7 Å². The summed E-state index contributed by atoms with van der Waals surface area (Å²) in [5, 5.41) is 4.35. The maximum absolute atomic E-state index is 6.27. The maximum Gasteiger partial charge on any atom is 0.131 e. The first-order chi connectivity index (χ1) is 13.4. The van der Waals surface area contributed by atoms with Crippen molar-refractivity contribution < 1.29 is 9.57 Å². The molecule has 0 atom stereocenters. The Kier molecular flexibility index (Phi) is 4.71. The van der Waals surface area contributed by atoms with Crippen molar-refractivity contribution in [3.63, 3.8) is 0 Å². The van der Waals surface area contributed by atoms with Crippen LogP contribution in [0.3, 0.4) is 0 Å². The van der Waals surface area contributed by atoms with E-state index in [1.807, 2.05) is 18.2 Å². The molecule has 0 aliphatic heterocycles. The topological polar surface area (TPSA) is 109 Å². The molecule has 28 heavy (non-hydrogen) atoms. The van der Waals surface area contributed by atoms with Gasteiger partial charge in [0.25, 0.3) is 0 Å². The fraction of sp³-hybridized carbons (Fsp3) is 0.476. The Hall–Kier alpha value is -2.67. The van der Waals surface area contributed by atoms with Crippen molar-refractivity contribution >= 4 is 11.5 Å². The molecule has 1 saturated carbocycles. The van der Waals surface area contributed by atoms with Crippen LogP contribution in [0.5, 0.6) is 5.75 Å². The van der Waals surface area contributed by atoms with Gasteiger partial charge in [-0.3, -0.25) is 0 Å². The highest BCUT2D eigenvalue weighted by Gasteiger charge is 2.41. The van der Waals surface area contributed by atoms with Crippen LogP contribution in [0.2, 0.25) is 0 Å². The predicted octanol–water partition coefficient (Wildman–Crippen LogP) is 3.02. The van der Waals surface area contributed by atoms with Crippen LogP contribution in [-0.2, 0) is 10.3 Å². The summed E-state index contributed by atoms with van der Waals surface area (Å²) < 4.78 is 6.27. The molecule has 4 rings (SSSR count). The molecule has 0 spiro atoms.